The lowest BCUT2D eigenvalue weighted by Crippen LogP contribution is -2.11. The van der Waals surface area contributed by atoms with E-state index in [4.69, 9.17) is 16.3 Å². The summed E-state index contributed by atoms with van der Waals surface area (Å²) in [6.07, 6.45) is 0. The van der Waals surface area contributed by atoms with Gasteiger partial charge in [0.2, 0.25) is 0 Å². The Bertz CT molecular complexity index is 606. The van der Waals surface area contributed by atoms with E-state index in [0.717, 1.165) is 18.7 Å². The lowest BCUT2D eigenvalue weighted by Gasteiger charge is -2.11. The van der Waals surface area contributed by atoms with E-state index in [-0.39, 0.29) is 5.82 Å². The second kappa shape index (κ2) is 7.07. The normalized spacial score (nSPS) is 10.6. The van der Waals surface area contributed by atoms with Gasteiger partial charge in [0.25, 0.3) is 0 Å². The van der Waals surface area contributed by atoms with E-state index in [2.05, 4.69) is 21.2 Å². The van der Waals surface area contributed by atoms with Crippen molar-refractivity contribution in [2.45, 2.75) is 13.5 Å². The zero-order chi connectivity index (χ0) is 14.5. The van der Waals surface area contributed by atoms with Crippen molar-refractivity contribution in [3.63, 3.8) is 0 Å². The molecule has 1 N–H and O–H groups in total. The first-order valence-corrected chi connectivity index (χ1v) is 7.39. The molecule has 0 heterocycles. The van der Waals surface area contributed by atoms with Crippen molar-refractivity contribution >= 4 is 27.5 Å². The van der Waals surface area contributed by atoms with E-state index in [1.807, 2.05) is 19.1 Å². The van der Waals surface area contributed by atoms with E-state index in [0.29, 0.717) is 21.0 Å². The van der Waals surface area contributed by atoms with E-state index in [9.17, 15) is 4.39 Å². The maximum atomic E-state index is 13.2. The number of nitrogens with one attached hydrogen (secondary N) is 1. The third kappa shape index (κ3) is 3.95. The summed E-state index contributed by atoms with van der Waals surface area (Å²) >= 11 is 9.50. The first-order valence-electron chi connectivity index (χ1n) is 6.22. The number of hydrogen-bond acceptors (Lipinski definition) is 2. The fourth-order valence-electron chi connectivity index (χ4n) is 1.68. The molecule has 0 aromatic heterocycles. The summed E-state index contributed by atoms with van der Waals surface area (Å²) in [7, 11) is 0. The van der Waals surface area contributed by atoms with Gasteiger partial charge in [0.05, 0.1) is 9.50 Å². The summed E-state index contributed by atoms with van der Waals surface area (Å²) in [5, 5.41) is 3.72. The van der Waals surface area contributed by atoms with Crippen LogP contribution in [0.25, 0.3) is 0 Å². The van der Waals surface area contributed by atoms with Crippen molar-refractivity contribution in [3.8, 4) is 11.5 Å². The Balaban J connectivity index is 2.19. The molecule has 0 aliphatic heterocycles. The number of halogens is 3. The van der Waals surface area contributed by atoms with Crippen LogP contribution in [0.2, 0.25) is 5.02 Å². The van der Waals surface area contributed by atoms with Crippen molar-refractivity contribution in [1.29, 1.82) is 0 Å². The number of benzene rings is 2. The molecule has 0 amide bonds. The lowest BCUT2D eigenvalue weighted by atomic mass is 10.2. The summed E-state index contributed by atoms with van der Waals surface area (Å²) in [5.41, 5.74) is 1.07. The average molecular weight is 359 g/mol. The standard InChI is InChI=1S/C15H14BrClFNO/c1-2-19-9-10-3-6-14(13(17)7-10)20-15-8-11(18)4-5-12(15)16/h3-8,19H,2,9H2,1H3. The molecule has 2 nitrogen and oxygen atoms in total. The van der Waals surface area contributed by atoms with Crippen LogP contribution in [0.3, 0.4) is 0 Å². The minimum absolute atomic E-state index is 0.358. The fraction of sp³-hybridized carbons (Fsp3) is 0.200. The maximum absolute atomic E-state index is 13.2. The van der Waals surface area contributed by atoms with Gasteiger partial charge < -0.3 is 10.1 Å². The SMILES string of the molecule is CCNCc1ccc(Oc2cc(F)ccc2Br)c(Cl)c1. The van der Waals surface area contributed by atoms with Crippen molar-refractivity contribution < 1.29 is 9.13 Å². The molecule has 0 unspecified atom stereocenters. The number of ether oxygens (including phenoxy) is 1. The van der Waals surface area contributed by atoms with Crippen LogP contribution >= 0.6 is 27.5 Å². The molecule has 0 bridgehead atoms. The Morgan fingerprint density at radius 1 is 1.20 bits per heavy atom. The molecule has 0 saturated heterocycles. The Kier molecular flexibility index (Phi) is 5.40. The van der Waals surface area contributed by atoms with Crippen LogP contribution in [0.15, 0.2) is 40.9 Å². The molecule has 0 spiro atoms. The van der Waals surface area contributed by atoms with Gasteiger partial charge in [-0.2, -0.15) is 0 Å². The zero-order valence-corrected chi connectivity index (χ0v) is 13.3. The minimum Gasteiger partial charge on any atom is -0.455 e. The molecular weight excluding hydrogens is 345 g/mol. The lowest BCUT2D eigenvalue weighted by molar-refractivity contribution is 0.473. The van der Waals surface area contributed by atoms with Crippen LogP contribution < -0.4 is 10.1 Å². The highest BCUT2D eigenvalue weighted by molar-refractivity contribution is 9.10. The molecule has 0 radical (unpaired) electrons. The molecule has 20 heavy (non-hydrogen) atoms. The average Bonchev–Trinajstić information content (AvgIpc) is 2.43. The predicted molar refractivity (Wildman–Crippen MR) is 83.0 cm³/mol. The highest BCUT2D eigenvalue weighted by Gasteiger charge is 2.08. The van der Waals surface area contributed by atoms with E-state index >= 15 is 0 Å². The summed E-state index contributed by atoms with van der Waals surface area (Å²) in [6, 6.07) is 9.82. The summed E-state index contributed by atoms with van der Waals surface area (Å²) < 4.78 is 19.5. The van der Waals surface area contributed by atoms with Crippen molar-refractivity contribution in [2.24, 2.45) is 0 Å². The largest absolute Gasteiger partial charge is 0.455 e. The first kappa shape index (κ1) is 15.3. The van der Waals surface area contributed by atoms with Gasteiger partial charge in [-0.1, -0.05) is 24.6 Å². The summed E-state index contributed by atoms with van der Waals surface area (Å²) in [4.78, 5) is 0. The maximum Gasteiger partial charge on any atom is 0.146 e. The summed E-state index contributed by atoms with van der Waals surface area (Å²) in [6.45, 7) is 3.69. The van der Waals surface area contributed by atoms with Crippen molar-refractivity contribution in [3.05, 3.63) is 57.3 Å². The zero-order valence-electron chi connectivity index (χ0n) is 10.9. The smallest absolute Gasteiger partial charge is 0.146 e. The summed E-state index contributed by atoms with van der Waals surface area (Å²) in [5.74, 6) is 0.535. The van der Waals surface area contributed by atoms with Crippen LogP contribution in [-0.2, 0) is 6.54 Å². The van der Waals surface area contributed by atoms with Gasteiger partial charge in [0, 0.05) is 12.6 Å². The molecule has 0 fully saturated rings. The van der Waals surface area contributed by atoms with Gasteiger partial charge in [-0.3, -0.25) is 0 Å². The Labute approximate surface area is 131 Å². The molecule has 106 valence electrons. The molecule has 0 aliphatic carbocycles. The van der Waals surface area contributed by atoms with E-state index in [1.54, 1.807) is 12.1 Å². The third-order valence-corrected chi connectivity index (χ3v) is 3.64. The molecule has 2 aromatic carbocycles. The van der Waals surface area contributed by atoms with Crippen molar-refractivity contribution in [1.82, 2.24) is 5.32 Å². The monoisotopic (exact) mass is 357 g/mol. The number of rotatable bonds is 5. The highest BCUT2D eigenvalue weighted by Crippen LogP contribution is 2.34. The second-order valence-corrected chi connectivity index (χ2v) is 5.48. The second-order valence-electron chi connectivity index (χ2n) is 4.22. The highest BCUT2D eigenvalue weighted by atomic mass is 79.9. The van der Waals surface area contributed by atoms with Crippen molar-refractivity contribution in [2.75, 3.05) is 6.54 Å². The van der Waals surface area contributed by atoms with E-state index in [1.165, 1.54) is 12.1 Å². The fourth-order valence-corrected chi connectivity index (χ4v) is 2.25. The molecule has 5 heteroatoms. The Morgan fingerprint density at radius 3 is 2.70 bits per heavy atom. The Morgan fingerprint density at radius 2 is 2.00 bits per heavy atom. The third-order valence-electron chi connectivity index (χ3n) is 2.69. The molecule has 0 saturated carbocycles. The van der Waals surface area contributed by atoms with Crippen LogP contribution in [0.4, 0.5) is 4.39 Å². The van der Waals surface area contributed by atoms with Gasteiger partial charge in [-0.05, 0) is 52.3 Å². The van der Waals surface area contributed by atoms with E-state index < -0.39 is 0 Å². The van der Waals surface area contributed by atoms with Crippen LogP contribution in [0.1, 0.15) is 12.5 Å². The van der Waals surface area contributed by atoms with Crippen LogP contribution in [0, 0.1) is 5.82 Å². The molecule has 2 rings (SSSR count). The quantitative estimate of drug-likeness (QED) is 0.798. The molecule has 0 atom stereocenters. The van der Waals surface area contributed by atoms with Gasteiger partial charge in [-0.15, -0.1) is 0 Å². The van der Waals surface area contributed by atoms with Crippen LogP contribution in [0.5, 0.6) is 11.5 Å². The molecule has 0 aliphatic rings. The van der Waals surface area contributed by atoms with Gasteiger partial charge >= 0.3 is 0 Å². The Hall–Kier alpha value is -1.10. The van der Waals surface area contributed by atoms with Crippen LogP contribution in [-0.4, -0.2) is 6.54 Å². The predicted octanol–water partition coefficient (Wildman–Crippen LogP) is 5.14. The van der Waals surface area contributed by atoms with Gasteiger partial charge in [-0.25, -0.2) is 4.39 Å². The molecular formula is C15H14BrClFNO. The minimum atomic E-state index is -0.358. The van der Waals surface area contributed by atoms with Gasteiger partial charge in [0.15, 0.2) is 0 Å². The molecule has 2 aromatic rings. The number of hydrogen-bond donors (Lipinski definition) is 1. The topological polar surface area (TPSA) is 21.3 Å². The first-order chi connectivity index (χ1) is 9.60. The van der Waals surface area contributed by atoms with Gasteiger partial charge in [0.1, 0.15) is 17.3 Å².